The standard InChI is InChI=1S/C25H26N2O4S/c1-14-7-8-17-16(12-14)15(2)13-18-20-21(25(30)26(24(20)29)9-5-10-31-3)22(27(17)18)23(28)19-6-4-11-32-19/h4,6-8,11-13,18,20-22H,5,9-10H2,1-3H3/t18-,20-,21+,22+/m1/s1. The largest absolute Gasteiger partial charge is 0.385 e. The quantitative estimate of drug-likeness (QED) is 0.383. The van der Waals surface area contributed by atoms with E-state index in [-0.39, 0.29) is 23.6 Å². The van der Waals surface area contributed by atoms with Crippen LogP contribution in [0.5, 0.6) is 0 Å². The van der Waals surface area contributed by atoms with Crippen molar-refractivity contribution in [2.45, 2.75) is 32.4 Å². The first-order valence-electron chi connectivity index (χ1n) is 10.9. The molecule has 2 fully saturated rings. The molecule has 2 aromatic rings. The predicted octanol–water partition coefficient (Wildman–Crippen LogP) is 3.55. The van der Waals surface area contributed by atoms with E-state index in [1.165, 1.54) is 16.2 Å². The van der Waals surface area contributed by atoms with E-state index < -0.39 is 17.9 Å². The van der Waals surface area contributed by atoms with Crippen LogP contribution in [0.25, 0.3) is 5.57 Å². The summed E-state index contributed by atoms with van der Waals surface area (Å²) in [5.74, 6) is -1.73. The van der Waals surface area contributed by atoms with Crippen LogP contribution in [0.2, 0.25) is 0 Å². The molecule has 2 saturated heterocycles. The van der Waals surface area contributed by atoms with Crippen LogP contribution in [0.4, 0.5) is 5.69 Å². The van der Waals surface area contributed by atoms with Crippen LogP contribution in [0.15, 0.2) is 41.8 Å². The molecule has 0 bridgehead atoms. The number of carbonyl (C=O) groups excluding carboxylic acids is 3. The van der Waals surface area contributed by atoms with Crippen molar-refractivity contribution in [3.05, 3.63) is 57.8 Å². The second-order valence-electron chi connectivity index (χ2n) is 8.78. The van der Waals surface area contributed by atoms with Gasteiger partial charge in [-0.05, 0) is 49.4 Å². The molecule has 2 amide bonds. The van der Waals surface area contributed by atoms with Gasteiger partial charge in [0.1, 0.15) is 6.04 Å². The van der Waals surface area contributed by atoms with Crippen LogP contribution in [0.1, 0.15) is 34.1 Å². The zero-order chi connectivity index (χ0) is 22.6. The molecule has 1 aromatic carbocycles. The number of aryl methyl sites for hydroxylation is 1. The van der Waals surface area contributed by atoms with Crippen molar-refractivity contribution < 1.29 is 19.1 Å². The number of carbonyl (C=O) groups is 3. The number of likely N-dealkylation sites (tertiary alicyclic amines) is 1. The van der Waals surface area contributed by atoms with Gasteiger partial charge in [0.05, 0.1) is 22.8 Å². The van der Waals surface area contributed by atoms with Gasteiger partial charge in [-0.15, -0.1) is 11.3 Å². The maximum absolute atomic E-state index is 13.7. The fraction of sp³-hybridized carbons (Fsp3) is 0.400. The molecule has 1 aromatic heterocycles. The SMILES string of the molecule is COCCCN1C(=O)[C@H]2[C@H](C1=O)[C@@H](C(=O)c1cccs1)N1c3ccc(C)cc3C(C)=C[C@H]21. The number of ether oxygens (including phenoxy) is 1. The van der Waals surface area contributed by atoms with Crippen molar-refractivity contribution in [2.24, 2.45) is 11.8 Å². The number of amides is 2. The summed E-state index contributed by atoms with van der Waals surface area (Å²) in [6, 6.07) is 8.79. The van der Waals surface area contributed by atoms with E-state index in [1.807, 2.05) is 42.3 Å². The molecule has 0 saturated carbocycles. The number of methoxy groups -OCH3 is 1. The molecule has 0 radical (unpaired) electrons. The minimum Gasteiger partial charge on any atom is -0.385 e. The van der Waals surface area contributed by atoms with Crippen LogP contribution in [-0.2, 0) is 14.3 Å². The van der Waals surface area contributed by atoms with E-state index in [9.17, 15) is 14.4 Å². The molecule has 4 atom stereocenters. The van der Waals surface area contributed by atoms with E-state index in [0.717, 1.165) is 22.4 Å². The summed E-state index contributed by atoms with van der Waals surface area (Å²) in [5, 5.41) is 1.87. The average molecular weight is 451 g/mol. The fourth-order valence-electron chi connectivity index (χ4n) is 5.47. The highest BCUT2D eigenvalue weighted by Crippen LogP contribution is 2.50. The second kappa shape index (κ2) is 7.98. The Balaban J connectivity index is 1.62. The maximum Gasteiger partial charge on any atom is 0.235 e. The summed E-state index contributed by atoms with van der Waals surface area (Å²) in [7, 11) is 1.60. The van der Waals surface area contributed by atoms with Gasteiger partial charge in [-0.1, -0.05) is 23.8 Å². The molecule has 4 heterocycles. The molecule has 0 spiro atoms. The van der Waals surface area contributed by atoms with Crippen molar-refractivity contribution in [1.29, 1.82) is 0 Å². The van der Waals surface area contributed by atoms with E-state index in [2.05, 4.69) is 12.1 Å². The zero-order valence-electron chi connectivity index (χ0n) is 18.4. The molecule has 3 aliphatic rings. The van der Waals surface area contributed by atoms with Crippen molar-refractivity contribution >= 4 is 40.2 Å². The average Bonchev–Trinajstić information content (AvgIpc) is 3.47. The van der Waals surface area contributed by atoms with Gasteiger partial charge in [-0.3, -0.25) is 19.3 Å². The monoisotopic (exact) mass is 450 g/mol. The second-order valence-corrected chi connectivity index (χ2v) is 9.73. The number of anilines is 1. The van der Waals surface area contributed by atoms with E-state index >= 15 is 0 Å². The highest BCUT2D eigenvalue weighted by atomic mass is 32.1. The first-order valence-corrected chi connectivity index (χ1v) is 11.8. The lowest BCUT2D eigenvalue weighted by atomic mass is 9.86. The van der Waals surface area contributed by atoms with Gasteiger partial charge < -0.3 is 9.64 Å². The molecular formula is C25H26N2O4S. The van der Waals surface area contributed by atoms with Crippen molar-refractivity contribution in [3.8, 4) is 0 Å². The topological polar surface area (TPSA) is 66.9 Å². The Bertz CT molecular complexity index is 1120. The Morgan fingerprint density at radius 2 is 1.91 bits per heavy atom. The predicted molar refractivity (Wildman–Crippen MR) is 124 cm³/mol. The first-order chi connectivity index (χ1) is 15.4. The Morgan fingerprint density at radius 3 is 2.62 bits per heavy atom. The molecule has 32 heavy (non-hydrogen) atoms. The fourth-order valence-corrected chi connectivity index (χ4v) is 6.17. The zero-order valence-corrected chi connectivity index (χ0v) is 19.2. The minimum atomic E-state index is -0.696. The van der Waals surface area contributed by atoms with Gasteiger partial charge in [0.25, 0.3) is 0 Å². The van der Waals surface area contributed by atoms with Crippen LogP contribution >= 0.6 is 11.3 Å². The number of nitrogens with zero attached hydrogens (tertiary/aromatic N) is 2. The molecule has 5 rings (SSSR count). The van der Waals surface area contributed by atoms with Crippen LogP contribution in [0, 0.1) is 18.8 Å². The molecule has 3 aliphatic heterocycles. The lowest BCUT2D eigenvalue weighted by Gasteiger charge is -2.38. The molecule has 0 aliphatic carbocycles. The summed E-state index contributed by atoms with van der Waals surface area (Å²) in [6.07, 6.45) is 2.66. The third-order valence-electron chi connectivity index (χ3n) is 6.86. The Hall–Kier alpha value is -2.77. The van der Waals surface area contributed by atoms with Crippen LogP contribution < -0.4 is 4.90 Å². The number of hydrogen-bond donors (Lipinski definition) is 0. The van der Waals surface area contributed by atoms with Gasteiger partial charge in [0.2, 0.25) is 11.8 Å². The number of fused-ring (bicyclic) bond motifs is 5. The van der Waals surface area contributed by atoms with Crippen LogP contribution in [0.3, 0.4) is 0 Å². The lowest BCUT2D eigenvalue weighted by molar-refractivity contribution is -0.140. The minimum absolute atomic E-state index is 0.0862. The number of rotatable bonds is 6. The normalized spacial score (nSPS) is 26.2. The summed E-state index contributed by atoms with van der Waals surface area (Å²) >= 11 is 1.38. The smallest absolute Gasteiger partial charge is 0.235 e. The van der Waals surface area contributed by atoms with Gasteiger partial charge >= 0.3 is 0 Å². The van der Waals surface area contributed by atoms with E-state index in [0.29, 0.717) is 24.4 Å². The molecule has 0 N–H and O–H groups in total. The third-order valence-corrected chi connectivity index (χ3v) is 7.74. The van der Waals surface area contributed by atoms with Crippen molar-refractivity contribution in [2.75, 3.05) is 25.2 Å². The highest BCUT2D eigenvalue weighted by Gasteiger charge is 2.64. The number of thiophene rings is 1. The third kappa shape index (κ3) is 3.06. The molecule has 166 valence electrons. The maximum atomic E-state index is 13.7. The molecule has 6 nitrogen and oxygen atoms in total. The van der Waals surface area contributed by atoms with Gasteiger partial charge in [0.15, 0.2) is 5.78 Å². The highest BCUT2D eigenvalue weighted by molar-refractivity contribution is 7.12. The molecular weight excluding hydrogens is 424 g/mol. The lowest BCUT2D eigenvalue weighted by Crippen LogP contribution is -2.49. The first kappa shape index (κ1) is 21.1. The summed E-state index contributed by atoms with van der Waals surface area (Å²) in [4.78, 5) is 44.8. The van der Waals surface area contributed by atoms with E-state index in [1.54, 1.807) is 13.2 Å². The number of allylic oxidation sites excluding steroid dienone is 1. The van der Waals surface area contributed by atoms with Gasteiger partial charge in [-0.2, -0.15) is 0 Å². The number of hydrogen-bond acceptors (Lipinski definition) is 6. The summed E-state index contributed by atoms with van der Waals surface area (Å²) in [5.41, 5.74) is 4.19. The number of ketones is 1. The number of imide groups is 1. The van der Waals surface area contributed by atoms with Crippen molar-refractivity contribution in [1.82, 2.24) is 4.90 Å². The van der Waals surface area contributed by atoms with Gasteiger partial charge in [-0.25, -0.2) is 0 Å². The summed E-state index contributed by atoms with van der Waals surface area (Å²) < 4.78 is 5.10. The van der Waals surface area contributed by atoms with Crippen LogP contribution in [-0.4, -0.2) is 54.8 Å². The Kier molecular flexibility index (Phi) is 5.26. The molecule has 0 unspecified atom stereocenters. The Morgan fingerprint density at radius 1 is 1.12 bits per heavy atom. The summed E-state index contributed by atoms with van der Waals surface area (Å²) in [6.45, 7) is 4.88. The Labute approximate surface area is 191 Å². The number of benzene rings is 1. The van der Waals surface area contributed by atoms with Crippen molar-refractivity contribution in [3.63, 3.8) is 0 Å². The molecule has 7 heteroatoms. The number of Topliss-reactive ketones (excluding diaryl/α,β-unsaturated/α-hetero) is 1. The van der Waals surface area contributed by atoms with Gasteiger partial charge in [0, 0.05) is 31.5 Å². The van der Waals surface area contributed by atoms with E-state index in [4.69, 9.17) is 4.74 Å².